The molecule has 2 nitrogen and oxygen atoms in total. The second-order valence-electron chi connectivity index (χ2n) is 11.7. The van der Waals surface area contributed by atoms with Gasteiger partial charge < -0.3 is 9.32 Å². The third-order valence-corrected chi connectivity index (χ3v) is 9.06. The van der Waals surface area contributed by atoms with Crippen LogP contribution in [0.2, 0.25) is 0 Å². The standard InChI is InChI=1S/C44H29NO/c1-2-12-31(13-3-1)37-15-6-8-19-41(37)45(35-26-21-30-11-4-5-14-33(30)29-35)34-24-22-32(23-25-34)36-17-10-18-39-38(36)27-28-43-44(39)40-16-7-9-20-42(40)46-43/h1-29H. The Balaban J connectivity index is 1.20. The van der Waals surface area contributed by atoms with Gasteiger partial charge in [-0.3, -0.25) is 0 Å². The van der Waals surface area contributed by atoms with Crippen LogP contribution < -0.4 is 4.90 Å². The predicted octanol–water partition coefficient (Wildman–Crippen LogP) is 12.7. The molecule has 216 valence electrons. The minimum Gasteiger partial charge on any atom is -0.456 e. The van der Waals surface area contributed by atoms with Crippen LogP contribution in [0, 0.1) is 0 Å². The Morgan fingerprint density at radius 3 is 1.93 bits per heavy atom. The lowest BCUT2D eigenvalue weighted by Crippen LogP contribution is -2.11. The Morgan fingerprint density at radius 2 is 1.04 bits per heavy atom. The number of hydrogen-bond acceptors (Lipinski definition) is 2. The van der Waals surface area contributed by atoms with Crippen molar-refractivity contribution in [2.45, 2.75) is 0 Å². The summed E-state index contributed by atoms with van der Waals surface area (Å²) in [6, 6.07) is 62.8. The zero-order valence-electron chi connectivity index (χ0n) is 25.1. The van der Waals surface area contributed by atoms with Gasteiger partial charge in [-0.05, 0) is 80.7 Å². The highest BCUT2D eigenvalue weighted by Gasteiger charge is 2.18. The van der Waals surface area contributed by atoms with E-state index in [-0.39, 0.29) is 0 Å². The SMILES string of the molecule is c1ccc(-c2ccccc2N(c2ccc(-c3cccc4c3ccc3oc5ccccc5c34)cc2)c2ccc3ccccc3c2)cc1. The first-order valence-corrected chi connectivity index (χ1v) is 15.7. The van der Waals surface area contributed by atoms with Crippen LogP contribution in [-0.4, -0.2) is 0 Å². The molecule has 1 aromatic heterocycles. The van der Waals surface area contributed by atoms with E-state index in [1.165, 1.54) is 49.2 Å². The number of furan rings is 1. The van der Waals surface area contributed by atoms with Crippen molar-refractivity contribution in [1.82, 2.24) is 0 Å². The van der Waals surface area contributed by atoms with Crippen LogP contribution in [0.15, 0.2) is 180 Å². The van der Waals surface area contributed by atoms with Crippen LogP contribution in [0.5, 0.6) is 0 Å². The molecule has 0 saturated heterocycles. The quantitative estimate of drug-likeness (QED) is 0.199. The van der Waals surface area contributed by atoms with Gasteiger partial charge in [0.05, 0.1) is 5.69 Å². The molecule has 0 N–H and O–H groups in total. The molecule has 0 unspecified atom stereocenters. The summed E-state index contributed by atoms with van der Waals surface area (Å²) >= 11 is 0. The van der Waals surface area contributed by atoms with E-state index < -0.39 is 0 Å². The van der Waals surface area contributed by atoms with E-state index in [2.05, 4.69) is 169 Å². The van der Waals surface area contributed by atoms with Crippen LogP contribution in [0.3, 0.4) is 0 Å². The summed E-state index contributed by atoms with van der Waals surface area (Å²) in [7, 11) is 0. The van der Waals surface area contributed by atoms with Gasteiger partial charge in [0.2, 0.25) is 0 Å². The summed E-state index contributed by atoms with van der Waals surface area (Å²) in [6.45, 7) is 0. The van der Waals surface area contributed by atoms with Gasteiger partial charge in [0, 0.05) is 27.7 Å². The molecule has 0 bridgehead atoms. The van der Waals surface area contributed by atoms with Gasteiger partial charge in [-0.2, -0.15) is 0 Å². The molecule has 0 aliphatic rings. The van der Waals surface area contributed by atoms with E-state index in [4.69, 9.17) is 4.42 Å². The fourth-order valence-corrected chi connectivity index (χ4v) is 6.90. The van der Waals surface area contributed by atoms with E-state index in [1.54, 1.807) is 0 Å². The van der Waals surface area contributed by atoms with Gasteiger partial charge >= 0.3 is 0 Å². The highest BCUT2D eigenvalue weighted by Crippen LogP contribution is 2.43. The molecule has 9 aromatic rings. The van der Waals surface area contributed by atoms with Gasteiger partial charge in [0.15, 0.2) is 0 Å². The highest BCUT2D eigenvalue weighted by molar-refractivity contribution is 6.20. The van der Waals surface area contributed by atoms with Crippen molar-refractivity contribution in [3.63, 3.8) is 0 Å². The van der Waals surface area contributed by atoms with Crippen molar-refractivity contribution in [1.29, 1.82) is 0 Å². The maximum absolute atomic E-state index is 6.20. The van der Waals surface area contributed by atoms with Crippen molar-refractivity contribution in [3.8, 4) is 22.3 Å². The van der Waals surface area contributed by atoms with Gasteiger partial charge in [0.1, 0.15) is 11.2 Å². The average Bonchev–Trinajstić information content (AvgIpc) is 3.52. The summed E-state index contributed by atoms with van der Waals surface area (Å²) in [5, 5.41) is 7.19. The van der Waals surface area contributed by atoms with Crippen molar-refractivity contribution in [3.05, 3.63) is 176 Å². The highest BCUT2D eigenvalue weighted by atomic mass is 16.3. The van der Waals surface area contributed by atoms with Gasteiger partial charge in [-0.1, -0.05) is 133 Å². The first kappa shape index (κ1) is 26.3. The first-order chi connectivity index (χ1) is 22.8. The Hall–Kier alpha value is -6.12. The largest absolute Gasteiger partial charge is 0.456 e. The van der Waals surface area contributed by atoms with Crippen LogP contribution in [0.1, 0.15) is 0 Å². The molecule has 0 amide bonds. The van der Waals surface area contributed by atoms with Crippen molar-refractivity contribution in [2.75, 3.05) is 4.90 Å². The van der Waals surface area contributed by atoms with E-state index in [0.717, 1.165) is 33.6 Å². The molecule has 0 saturated carbocycles. The summed E-state index contributed by atoms with van der Waals surface area (Å²) < 4.78 is 6.20. The molecule has 0 aliphatic carbocycles. The maximum atomic E-state index is 6.20. The maximum Gasteiger partial charge on any atom is 0.136 e. The van der Waals surface area contributed by atoms with Crippen LogP contribution in [0.4, 0.5) is 17.1 Å². The number of rotatable bonds is 5. The predicted molar refractivity (Wildman–Crippen MR) is 194 cm³/mol. The number of anilines is 3. The minimum atomic E-state index is 0.921. The molecule has 0 aliphatic heterocycles. The molecule has 9 rings (SSSR count). The van der Waals surface area contributed by atoms with Gasteiger partial charge in [-0.25, -0.2) is 0 Å². The Labute approximate surface area is 267 Å². The van der Waals surface area contributed by atoms with Crippen LogP contribution in [0.25, 0.3) is 65.7 Å². The lowest BCUT2D eigenvalue weighted by Gasteiger charge is -2.28. The smallest absolute Gasteiger partial charge is 0.136 e. The fraction of sp³-hybridized carbons (Fsp3) is 0. The monoisotopic (exact) mass is 587 g/mol. The van der Waals surface area contributed by atoms with E-state index in [9.17, 15) is 0 Å². The Bertz CT molecular complexity index is 2530. The number of para-hydroxylation sites is 2. The van der Waals surface area contributed by atoms with Crippen LogP contribution in [-0.2, 0) is 0 Å². The second-order valence-corrected chi connectivity index (χ2v) is 11.7. The minimum absolute atomic E-state index is 0.921. The molecule has 0 fully saturated rings. The topological polar surface area (TPSA) is 16.4 Å². The molecular formula is C44H29NO. The van der Waals surface area contributed by atoms with Gasteiger partial charge in [0.25, 0.3) is 0 Å². The van der Waals surface area contributed by atoms with Crippen molar-refractivity contribution < 1.29 is 4.42 Å². The van der Waals surface area contributed by atoms with Crippen molar-refractivity contribution >= 4 is 60.5 Å². The lowest BCUT2D eigenvalue weighted by atomic mass is 9.95. The van der Waals surface area contributed by atoms with Crippen LogP contribution >= 0.6 is 0 Å². The molecule has 1 heterocycles. The van der Waals surface area contributed by atoms with Gasteiger partial charge in [-0.15, -0.1) is 0 Å². The fourth-order valence-electron chi connectivity index (χ4n) is 6.90. The third-order valence-electron chi connectivity index (χ3n) is 9.06. The van der Waals surface area contributed by atoms with E-state index in [1.807, 2.05) is 12.1 Å². The molecule has 0 radical (unpaired) electrons. The van der Waals surface area contributed by atoms with E-state index >= 15 is 0 Å². The van der Waals surface area contributed by atoms with Crippen molar-refractivity contribution in [2.24, 2.45) is 0 Å². The zero-order chi connectivity index (χ0) is 30.5. The number of fused-ring (bicyclic) bond motifs is 6. The zero-order valence-corrected chi connectivity index (χ0v) is 25.1. The molecule has 46 heavy (non-hydrogen) atoms. The molecule has 0 spiro atoms. The molecule has 8 aromatic carbocycles. The van der Waals surface area contributed by atoms with E-state index in [0.29, 0.717) is 0 Å². The summed E-state index contributed by atoms with van der Waals surface area (Å²) in [5.41, 5.74) is 9.96. The number of nitrogens with zero attached hydrogens (tertiary/aromatic N) is 1. The normalized spacial score (nSPS) is 11.5. The average molecular weight is 588 g/mol. The molecule has 0 atom stereocenters. The summed E-state index contributed by atoms with van der Waals surface area (Å²) in [5.74, 6) is 0. The first-order valence-electron chi connectivity index (χ1n) is 15.7. The lowest BCUT2D eigenvalue weighted by molar-refractivity contribution is 0.669. The molecule has 2 heteroatoms. The summed E-state index contributed by atoms with van der Waals surface area (Å²) in [4.78, 5) is 2.38. The number of hydrogen-bond donors (Lipinski definition) is 0. The summed E-state index contributed by atoms with van der Waals surface area (Å²) in [6.07, 6.45) is 0. The Kier molecular flexibility index (Phi) is 6.17. The second kappa shape index (κ2) is 10.8. The number of benzene rings is 8. The Morgan fingerprint density at radius 1 is 0.370 bits per heavy atom. The molecular weight excluding hydrogens is 558 g/mol. The third kappa shape index (κ3) is 4.35.